The minimum Gasteiger partial charge on any atom is -0.347 e. The van der Waals surface area contributed by atoms with Crippen LogP contribution in [-0.2, 0) is 10.0 Å². The van der Waals surface area contributed by atoms with Gasteiger partial charge in [-0.15, -0.1) is 0 Å². The van der Waals surface area contributed by atoms with Gasteiger partial charge in [-0.2, -0.15) is 0 Å². The maximum absolute atomic E-state index is 12.1. The molecule has 2 rings (SSSR count). The molecule has 1 aliphatic carbocycles. The zero-order chi connectivity index (χ0) is 12.3. The summed E-state index contributed by atoms with van der Waals surface area (Å²) >= 11 is 0. The summed E-state index contributed by atoms with van der Waals surface area (Å²) in [4.78, 5) is 6.99. The van der Waals surface area contributed by atoms with Crippen LogP contribution in [-0.4, -0.2) is 23.6 Å². The van der Waals surface area contributed by atoms with E-state index in [1.165, 1.54) is 0 Å². The van der Waals surface area contributed by atoms with Crippen molar-refractivity contribution in [3.05, 3.63) is 18.2 Å². The van der Waals surface area contributed by atoms with Crippen molar-refractivity contribution in [1.82, 2.24) is 14.7 Å². The summed E-state index contributed by atoms with van der Waals surface area (Å²) in [6.45, 7) is 1.80. The molecule has 1 heterocycles. The van der Waals surface area contributed by atoms with Crippen LogP contribution < -0.4 is 4.72 Å². The van der Waals surface area contributed by atoms with Gasteiger partial charge >= 0.3 is 0 Å². The third-order valence-corrected chi connectivity index (χ3v) is 5.29. The monoisotopic (exact) mass is 257 g/mol. The highest BCUT2D eigenvalue weighted by atomic mass is 32.2. The first-order valence-electron chi connectivity index (χ1n) is 6.10. The molecule has 1 aromatic heterocycles. The molecule has 5 nitrogen and oxygen atoms in total. The Morgan fingerprint density at radius 1 is 1.41 bits per heavy atom. The van der Waals surface area contributed by atoms with E-state index in [0.29, 0.717) is 5.82 Å². The second kappa shape index (κ2) is 5.18. The van der Waals surface area contributed by atoms with Crippen LogP contribution in [0.4, 0.5) is 0 Å². The molecule has 2 N–H and O–H groups in total. The average Bonchev–Trinajstić information content (AvgIpc) is 2.83. The molecule has 0 amide bonds. The zero-order valence-corrected chi connectivity index (χ0v) is 10.8. The smallest absolute Gasteiger partial charge is 0.215 e. The molecule has 0 spiro atoms. The molecule has 96 valence electrons. The standard InChI is InChI=1S/C11H19N3O2S/c1-9(11-12-7-8-13-11)14-17(15,16)10-5-3-2-4-6-10/h7-10,14H,2-6H2,1H3,(H,12,13). The summed E-state index contributed by atoms with van der Waals surface area (Å²) < 4.78 is 27.0. The summed E-state index contributed by atoms with van der Waals surface area (Å²) in [6, 6.07) is -0.295. The van der Waals surface area contributed by atoms with Gasteiger partial charge in [0, 0.05) is 12.4 Å². The molecule has 17 heavy (non-hydrogen) atoms. The molecule has 1 aromatic rings. The molecule has 0 aromatic carbocycles. The summed E-state index contributed by atoms with van der Waals surface area (Å²) in [5, 5.41) is -0.228. The van der Waals surface area contributed by atoms with Gasteiger partial charge in [0.05, 0.1) is 11.3 Å². The number of hydrogen-bond acceptors (Lipinski definition) is 3. The van der Waals surface area contributed by atoms with Gasteiger partial charge in [-0.05, 0) is 19.8 Å². The van der Waals surface area contributed by atoms with Crippen LogP contribution in [0.15, 0.2) is 12.4 Å². The number of hydrogen-bond donors (Lipinski definition) is 2. The Balaban J connectivity index is 2.01. The molecular weight excluding hydrogens is 238 g/mol. The van der Waals surface area contributed by atoms with Crippen molar-refractivity contribution in [3.63, 3.8) is 0 Å². The summed E-state index contributed by atoms with van der Waals surface area (Å²) in [5.41, 5.74) is 0. The SMILES string of the molecule is CC(NS(=O)(=O)C1CCCCC1)c1ncc[nH]1. The van der Waals surface area contributed by atoms with Crippen LogP contribution >= 0.6 is 0 Å². The first-order chi connectivity index (χ1) is 8.09. The Bertz CT molecular complexity index is 435. The first kappa shape index (κ1) is 12.6. The molecular formula is C11H19N3O2S. The van der Waals surface area contributed by atoms with E-state index in [1.54, 1.807) is 19.3 Å². The maximum Gasteiger partial charge on any atom is 0.215 e. The van der Waals surface area contributed by atoms with Crippen LogP contribution in [0.5, 0.6) is 0 Å². The third kappa shape index (κ3) is 3.07. The molecule has 1 saturated carbocycles. The molecule has 6 heteroatoms. The Labute approximate surface area is 102 Å². The fraction of sp³-hybridized carbons (Fsp3) is 0.727. The lowest BCUT2D eigenvalue weighted by Crippen LogP contribution is -2.37. The van der Waals surface area contributed by atoms with E-state index in [2.05, 4.69) is 14.7 Å². The van der Waals surface area contributed by atoms with Crippen molar-refractivity contribution in [3.8, 4) is 0 Å². The maximum atomic E-state index is 12.1. The second-order valence-electron chi connectivity index (χ2n) is 4.62. The fourth-order valence-corrected chi connectivity index (χ4v) is 4.04. The number of nitrogens with one attached hydrogen (secondary N) is 2. The summed E-state index contributed by atoms with van der Waals surface area (Å²) in [6.07, 6.45) is 8.06. The van der Waals surface area contributed by atoms with E-state index in [9.17, 15) is 8.42 Å². The Kier molecular flexibility index (Phi) is 3.83. The van der Waals surface area contributed by atoms with Gasteiger partial charge in [-0.1, -0.05) is 19.3 Å². The summed E-state index contributed by atoms with van der Waals surface area (Å²) in [7, 11) is -3.22. The molecule has 0 saturated heterocycles. The van der Waals surface area contributed by atoms with E-state index in [0.717, 1.165) is 32.1 Å². The molecule has 1 atom stereocenters. The number of nitrogens with zero attached hydrogens (tertiary/aromatic N) is 1. The van der Waals surface area contributed by atoms with Crippen molar-refractivity contribution in [1.29, 1.82) is 0 Å². The zero-order valence-electron chi connectivity index (χ0n) is 10.0. The fourth-order valence-electron chi connectivity index (χ4n) is 2.29. The van der Waals surface area contributed by atoms with E-state index in [4.69, 9.17) is 0 Å². The quantitative estimate of drug-likeness (QED) is 0.862. The first-order valence-corrected chi connectivity index (χ1v) is 7.64. The van der Waals surface area contributed by atoms with Gasteiger partial charge in [0.1, 0.15) is 5.82 Å². The van der Waals surface area contributed by atoms with E-state index < -0.39 is 10.0 Å². The van der Waals surface area contributed by atoms with Crippen LogP contribution in [0.2, 0.25) is 0 Å². The highest BCUT2D eigenvalue weighted by molar-refractivity contribution is 7.90. The number of imidazole rings is 1. The normalized spacial score (nSPS) is 20.3. The molecule has 1 unspecified atom stereocenters. The molecule has 0 radical (unpaired) electrons. The van der Waals surface area contributed by atoms with Crippen molar-refractivity contribution >= 4 is 10.0 Å². The predicted molar refractivity (Wildman–Crippen MR) is 65.9 cm³/mol. The molecule has 1 aliphatic rings. The van der Waals surface area contributed by atoms with Gasteiger partial charge in [-0.3, -0.25) is 0 Å². The minimum atomic E-state index is -3.22. The number of rotatable bonds is 4. The summed E-state index contributed by atoms with van der Waals surface area (Å²) in [5.74, 6) is 0.657. The Hall–Kier alpha value is -0.880. The highest BCUT2D eigenvalue weighted by Gasteiger charge is 2.28. The lowest BCUT2D eigenvalue weighted by Gasteiger charge is -2.23. The number of aromatic nitrogens is 2. The van der Waals surface area contributed by atoms with Crippen LogP contribution in [0, 0.1) is 0 Å². The topological polar surface area (TPSA) is 74.8 Å². The van der Waals surface area contributed by atoms with E-state index in [-0.39, 0.29) is 11.3 Å². The Morgan fingerprint density at radius 2 is 2.12 bits per heavy atom. The van der Waals surface area contributed by atoms with Gasteiger partial charge in [-0.25, -0.2) is 18.1 Å². The van der Waals surface area contributed by atoms with Crippen LogP contribution in [0.1, 0.15) is 50.9 Å². The average molecular weight is 257 g/mol. The lowest BCUT2D eigenvalue weighted by atomic mass is 10.0. The number of H-pyrrole nitrogens is 1. The van der Waals surface area contributed by atoms with Crippen LogP contribution in [0.25, 0.3) is 0 Å². The largest absolute Gasteiger partial charge is 0.347 e. The molecule has 1 fully saturated rings. The van der Waals surface area contributed by atoms with Gasteiger partial charge < -0.3 is 4.98 Å². The molecule has 0 aliphatic heterocycles. The van der Waals surface area contributed by atoms with Crippen LogP contribution in [0.3, 0.4) is 0 Å². The van der Waals surface area contributed by atoms with E-state index in [1.807, 2.05) is 0 Å². The predicted octanol–water partition coefficient (Wildman–Crippen LogP) is 1.72. The van der Waals surface area contributed by atoms with Gasteiger partial charge in [0.25, 0.3) is 0 Å². The van der Waals surface area contributed by atoms with E-state index >= 15 is 0 Å². The minimum absolute atomic E-state index is 0.228. The Morgan fingerprint density at radius 3 is 2.71 bits per heavy atom. The van der Waals surface area contributed by atoms with Crippen molar-refractivity contribution in [2.24, 2.45) is 0 Å². The van der Waals surface area contributed by atoms with Gasteiger partial charge in [0.15, 0.2) is 0 Å². The van der Waals surface area contributed by atoms with Crippen molar-refractivity contribution in [2.75, 3.05) is 0 Å². The lowest BCUT2D eigenvalue weighted by molar-refractivity contribution is 0.471. The number of aromatic amines is 1. The van der Waals surface area contributed by atoms with Crippen molar-refractivity contribution in [2.45, 2.75) is 50.3 Å². The third-order valence-electron chi connectivity index (χ3n) is 3.26. The second-order valence-corrected chi connectivity index (χ2v) is 6.61. The highest BCUT2D eigenvalue weighted by Crippen LogP contribution is 2.24. The molecule has 0 bridgehead atoms. The van der Waals surface area contributed by atoms with Crippen molar-refractivity contribution < 1.29 is 8.42 Å². The number of sulfonamides is 1. The van der Waals surface area contributed by atoms with Gasteiger partial charge in [0.2, 0.25) is 10.0 Å².